The average molecular weight is 244 g/mol. The van der Waals surface area contributed by atoms with Crippen molar-refractivity contribution in [2.75, 3.05) is 19.0 Å². The minimum Gasteiger partial charge on any atom is -0.383 e. The fourth-order valence-electron chi connectivity index (χ4n) is 1.39. The molecule has 16 heavy (non-hydrogen) atoms. The van der Waals surface area contributed by atoms with E-state index in [0.717, 1.165) is 0 Å². The van der Waals surface area contributed by atoms with Gasteiger partial charge in [-0.15, -0.1) is 0 Å². The van der Waals surface area contributed by atoms with Crippen LogP contribution in [0.25, 0.3) is 0 Å². The second-order valence-electron chi connectivity index (χ2n) is 3.54. The minimum atomic E-state index is -3.70. The van der Waals surface area contributed by atoms with Crippen LogP contribution in [0.2, 0.25) is 0 Å². The molecular formula is C10H16N2O3S. The number of nitrogens with two attached hydrogens (primary N) is 1. The summed E-state index contributed by atoms with van der Waals surface area (Å²) in [6.45, 7) is 2.38. The highest BCUT2D eigenvalue weighted by Gasteiger charge is 2.14. The van der Waals surface area contributed by atoms with Crippen LogP contribution in [-0.2, 0) is 14.8 Å². The molecule has 0 bridgehead atoms. The molecule has 0 heterocycles. The predicted molar refractivity (Wildman–Crippen MR) is 62.8 cm³/mol. The zero-order valence-corrected chi connectivity index (χ0v) is 10.1. The van der Waals surface area contributed by atoms with E-state index in [0.29, 0.717) is 12.3 Å². The van der Waals surface area contributed by atoms with Crippen LogP contribution >= 0.6 is 0 Å². The number of anilines is 1. The lowest BCUT2D eigenvalue weighted by Gasteiger charge is -2.16. The summed E-state index contributed by atoms with van der Waals surface area (Å²) in [5, 5.41) is 8.14. The second kappa shape index (κ2) is 5.29. The Kier molecular flexibility index (Phi) is 4.28. The first-order valence-electron chi connectivity index (χ1n) is 4.82. The Hall–Kier alpha value is -1.11. The van der Waals surface area contributed by atoms with E-state index in [-0.39, 0.29) is 10.9 Å². The molecule has 1 atom stereocenters. The number of methoxy groups -OCH3 is 1. The van der Waals surface area contributed by atoms with Crippen molar-refractivity contribution in [1.29, 1.82) is 0 Å². The van der Waals surface area contributed by atoms with Crippen LogP contribution in [-0.4, -0.2) is 28.2 Å². The summed E-state index contributed by atoms with van der Waals surface area (Å²) in [6.07, 6.45) is 0. The highest BCUT2D eigenvalue weighted by Crippen LogP contribution is 2.19. The number of benzene rings is 1. The Morgan fingerprint density at radius 1 is 1.44 bits per heavy atom. The van der Waals surface area contributed by atoms with Crippen LogP contribution < -0.4 is 10.5 Å². The molecule has 1 rings (SSSR count). The molecule has 3 N–H and O–H groups in total. The summed E-state index contributed by atoms with van der Waals surface area (Å²) < 4.78 is 27.6. The van der Waals surface area contributed by atoms with Crippen molar-refractivity contribution in [1.82, 2.24) is 0 Å². The van der Waals surface area contributed by atoms with E-state index < -0.39 is 10.0 Å². The lowest BCUT2D eigenvalue weighted by molar-refractivity contribution is 0.190. The van der Waals surface area contributed by atoms with Gasteiger partial charge in [0.1, 0.15) is 4.90 Å². The van der Waals surface area contributed by atoms with Gasteiger partial charge in [-0.25, -0.2) is 13.6 Å². The summed E-state index contributed by atoms with van der Waals surface area (Å²) in [5.74, 6) is 0. The van der Waals surface area contributed by atoms with Crippen molar-refractivity contribution in [3.05, 3.63) is 24.3 Å². The lowest BCUT2D eigenvalue weighted by Crippen LogP contribution is -2.23. The summed E-state index contributed by atoms with van der Waals surface area (Å²) in [5.41, 5.74) is 0.495. The van der Waals surface area contributed by atoms with Crippen LogP contribution in [0.4, 0.5) is 5.69 Å². The van der Waals surface area contributed by atoms with Gasteiger partial charge in [0.2, 0.25) is 10.0 Å². The Morgan fingerprint density at radius 3 is 2.62 bits per heavy atom. The number of hydrogen-bond acceptors (Lipinski definition) is 4. The molecule has 0 radical (unpaired) electrons. The first kappa shape index (κ1) is 13.0. The summed E-state index contributed by atoms with van der Waals surface area (Å²) in [4.78, 5) is 0.0953. The molecule has 0 aromatic heterocycles. The molecule has 0 fully saturated rings. The van der Waals surface area contributed by atoms with E-state index in [1.54, 1.807) is 25.3 Å². The van der Waals surface area contributed by atoms with Gasteiger partial charge in [0.05, 0.1) is 12.3 Å². The standard InChI is InChI=1S/C10H16N2O3S/c1-8(7-15-2)12-9-5-3-4-6-10(9)16(11,13)14/h3-6,8,12H,7H2,1-2H3,(H2,11,13,14). The molecule has 0 saturated heterocycles. The molecule has 0 spiro atoms. The highest BCUT2D eigenvalue weighted by atomic mass is 32.2. The third-order valence-corrected chi connectivity index (χ3v) is 2.98. The number of hydrogen-bond donors (Lipinski definition) is 2. The van der Waals surface area contributed by atoms with E-state index >= 15 is 0 Å². The maximum atomic E-state index is 11.3. The molecule has 0 saturated carbocycles. The number of nitrogens with one attached hydrogen (secondary N) is 1. The third kappa shape index (κ3) is 3.48. The zero-order valence-electron chi connectivity index (χ0n) is 9.30. The van der Waals surface area contributed by atoms with Crippen LogP contribution in [0.1, 0.15) is 6.92 Å². The SMILES string of the molecule is COCC(C)Nc1ccccc1S(N)(=O)=O. The zero-order chi connectivity index (χ0) is 12.2. The number of rotatable bonds is 5. The van der Waals surface area contributed by atoms with Gasteiger partial charge in [-0.1, -0.05) is 12.1 Å². The summed E-state index contributed by atoms with van der Waals surface area (Å²) in [7, 11) is -2.11. The van der Waals surface area contributed by atoms with Crippen molar-refractivity contribution < 1.29 is 13.2 Å². The fourth-order valence-corrected chi connectivity index (χ4v) is 2.09. The van der Waals surface area contributed by atoms with Gasteiger partial charge < -0.3 is 10.1 Å². The monoisotopic (exact) mass is 244 g/mol. The Balaban J connectivity index is 2.96. The van der Waals surface area contributed by atoms with Gasteiger partial charge in [0, 0.05) is 13.2 Å². The maximum absolute atomic E-state index is 11.3. The predicted octanol–water partition coefficient (Wildman–Crippen LogP) is 0.781. The van der Waals surface area contributed by atoms with E-state index in [9.17, 15) is 8.42 Å². The van der Waals surface area contributed by atoms with Crippen LogP contribution in [0.15, 0.2) is 29.2 Å². The molecule has 0 aliphatic carbocycles. The maximum Gasteiger partial charge on any atom is 0.240 e. The van der Waals surface area contributed by atoms with Crippen molar-refractivity contribution in [2.45, 2.75) is 17.9 Å². The molecule has 1 aromatic rings. The summed E-state index contributed by atoms with van der Waals surface area (Å²) >= 11 is 0. The van der Waals surface area contributed by atoms with Gasteiger partial charge >= 0.3 is 0 Å². The number of primary sulfonamides is 1. The van der Waals surface area contributed by atoms with Crippen molar-refractivity contribution in [3.8, 4) is 0 Å². The van der Waals surface area contributed by atoms with E-state index in [2.05, 4.69) is 5.32 Å². The first-order chi connectivity index (χ1) is 7.45. The lowest BCUT2D eigenvalue weighted by atomic mass is 10.3. The van der Waals surface area contributed by atoms with Gasteiger partial charge in [0.15, 0.2) is 0 Å². The van der Waals surface area contributed by atoms with Gasteiger partial charge in [-0.2, -0.15) is 0 Å². The minimum absolute atomic E-state index is 0.00731. The molecule has 0 aliphatic heterocycles. The molecule has 5 nitrogen and oxygen atoms in total. The second-order valence-corrected chi connectivity index (χ2v) is 5.07. The molecule has 1 aromatic carbocycles. The largest absolute Gasteiger partial charge is 0.383 e. The number of sulfonamides is 1. The summed E-state index contributed by atoms with van der Waals surface area (Å²) in [6, 6.07) is 6.53. The number of para-hydroxylation sites is 1. The third-order valence-electron chi connectivity index (χ3n) is 2.01. The Bertz CT molecular complexity index is 445. The molecular weight excluding hydrogens is 228 g/mol. The van der Waals surface area contributed by atoms with Crippen LogP contribution in [0, 0.1) is 0 Å². The van der Waals surface area contributed by atoms with Gasteiger partial charge in [0.25, 0.3) is 0 Å². The quantitative estimate of drug-likeness (QED) is 0.802. The fraction of sp³-hybridized carbons (Fsp3) is 0.400. The molecule has 0 aliphatic rings. The molecule has 6 heteroatoms. The van der Waals surface area contributed by atoms with Crippen LogP contribution in [0.5, 0.6) is 0 Å². The highest BCUT2D eigenvalue weighted by molar-refractivity contribution is 7.89. The number of ether oxygens (including phenoxy) is 1. The smallest absolute Gasteiger partial charge is 0.240 e. The van der Waals surface area contributed by atoms with E-state index in [4.69, 9.17) is 9.88 Å². The first-order valence-corrected chi connectivity index (χ1v) is 6.37. The van der Waals surface area contributed by atoms with E-state index in [1.807, 2.05) is 6.92 Å². The van der Waals surface area contributed by atoms with Crippen LogP contribution in [0.3, 0.4) is 0 Å². The Labute approximate surface area is 95.7 Å². The van der Waals surface area contributed by atoms with E-state index in [1.165, 1.54) is 6.07 Å². The van der Waals surface area contributed by atoms with Crippen molar-refractivity contribution >= 4 is 15.7 Å². The topological polar surface area (TPSA) is 81.4 Å². The molecule has 90 valence electrons. The van der Waals surface area contributed by atoms with Crippen molar-refractivity contribution in [2.24, 2.45) is 5.14 Å². The normalized spacial score (nSPS) is 13.4. The molecule has 0 amide bonds. The molecule has 1 unspecified atom stereocenters. The van der Waals surface area contributed by atoms with Gasteiger partial charge in [-0.3, -0.25) is 0 Å². The van der Waals surface area contributed by atoms with Crippen molar-refractivity contribution in [3.63, 3.8) is 0 Å². The van der Waals surface area contributed by atoms with Gasteiger partial charge in [-0.05, 0) is 19.1 Å². The Morgan fingerprint density at radius 2 is 2.06 bits per heavy atom. The average Bonchev–Trinajstić information content (AvgIpc) is 2.17.